The average molecular weight is 409 g/mol. The normalized spacial score (nSPS) is 14.8. The predicted octanol–water partition coefficient (Wildman–Crippen LogP) is 3.66. The second-order valence-electron chi connectivity index (χ2n) is 6.18. The highest BCUT2D eigenvalue weighted by atomic mass is 35.5. The Kier molecular flexibility index (Phi) is 6.15. The van der Waals surface area contributed by atoms with Crippen molar-refractivity contribution < 1.29 is 9.72 Å². The molecular weight excluding hydrogens is 391 g/mol. The number of anilines is 2. The fourth-order valence-electron chi connectivity index (χ4n) is 3.02. The van der Waals surface area contributed by atoms with E-state index < -0.39 is 4.92 Å². The van der Waals surface area contributed by atoms with Crippen molar-refractivity contribution >= 4 is 46.2 Å². The lowest BCUT2D eigenvalue weighted by Crippen LogP contribution is -2.48. The van der Waals surface area contributed by atoms with E-state index in [1.807, 2.05) is 29.2 Å². The Morgan fingerprint density at radius 3 is 2.48 bits per heavy atom. The molecule has 0 atom stereocenters. The van der Waals surface area contributed by atoms with Crippen LogP contribution in [0.5, 0.6) is 0 Å². The number of hydrogen-bond acceptors (Lipinski definition) is 5. The first-order chi connectivity index (χ1) is 12.9. The van der Waals surface area contributed by atoms with Crippen LogP contribution in [0.4, 0.5) is 17.1 Å². The zero-order chi connectivity index (χ0) is 19.4. The maximum atomic E-state index is 12.3. The van der Waals surface area contributed by atoms with E-state index in [2.05, 4.69) is 10.2 Å². The summed E-state index contributed by atoms with van der Waals surface area (Å²) in [6.45, 7) is 3.02. The van der Waals surface area contributed by atoms with Gasteiger partial charge in [0, 0.05) is 37.3 Å². The number of benzene rings is 2. The number of piperazine rings is 1. The molecule has 1 heterocycles. The van der Waals surface area contributed by atoms with Gasteiger partial charge in [-0.1, -0.05) is 35.3 Å². The van der Waals surface area contributed by atoms with Gasteiger partial charge in [-0.3, -0.25) is 19.8 Å². The second-order valence-corrected chi connectivity index (χ2v) is 7.03. The van der Waals surface area contributed by atoms with Crippen LogP contribution < -0.4 is 10.2 Å². The quantitative estimate of drug-likeness (QED) is 0.602. The number of rotatable bonds is 5. The van der Waals surface area contributed by atoms with E-state index in [1.54, 1.807) is 0 Å². The lowest BCUT2D eigenvalue weighted by Gasteiger charge is -2.36. The molecular formula is C18H18Cl2N4O3. The molecule has 1 amide bonds. The molecule has 0 aromatic heterocycles. The number of nitro benzene ring substituents is 1. The molecule has 9 heteroatoms. The van der Waals surface area contributed by atoms with E-state index in [1.165, 1.54) is 18.2 Å². The standard InChI is InChI=1S/C18H18Cl2N4O3/c19-13-5-6-17(24(26)27)15(11-13)21-18(25)12-22-7-9-23(10-8-22)16-4-2-1-3-14(16)20/h1-6,11H,7-10,12H2,(H,21,25). The zero-order valence-corrected chi connectivity index (χ0v) is 15.9. The molecule has 2 aromatic rings. The van der Waals surface area contributed by atoms with Crippen LogP contribution in [0.25, 0.3) is 0 Å². The first-order valence-electron chi connectivity index (χ1n) is 8.39. The predicted molar refractivity (Wildman–Crippen MR) is 107 cm³/mol. The van der Waals surface area contributed by atoms with Crippen molar-refractivity contribution in [2.24, 2.45) is 0 Å². The largest absolute Gasteiger partial charge is 0.368 e. The summed E-state index contributed by atoms with van der Waals surface area (Å²) in [5, 5.41) is 14.7. The summed E-state index contributed by atoms with van der Waals surface area (Å²) in [7, 11) is 0. The number of hydrogen-bond donors (Lipinski definition) is 1. The fraction of sp³-hybridized carbons (Fsp3) is 0.278. The third kappa shape index (κ3) is 4.88. The van der Waals surface area contributed by atoms with Gasteiger partial charge in [-0.05, 0) is 24.3 Å². The molecule has 0 spiro atoms. The molecule has 1 N–H and O–H groups in total. The van der Waals surface area contributed by atoms with E-state index in [4.69, 9.17) is 23.2 Å². The maximum Gasteiger partial charge on any atom is 0.292 e. The maximum absolute atomic E-state index is 12.3. The number of para-hydroxylation sites is 1. The number of nitro groups is 1. The van der Waals surface area contributed by atoms with Crippen LogP contribution in [0.3, 0.4) is 0 Å². The van der Waals surface area contributed by atoms with Gasteiger partial charge in [-0.25, -0.2) is 0 Å². The van der Waals surface area contributed by atoms with Gasteiger partial charge in [-0.15, -0.1) is 0 Å². The van der Waals surface area contributed by atoms with Crippen molar-refractivity contribution in [1.29, 1.82) is 0 Å². The third-order valence-electron chi connectivity index (χ3n) is 4.36. The Morgan fingerprint density at radius 1 is 1.11 bits per heavy atom. The number of halogens is 2. The molecule has 0 radical (unpaired) electrons. The molecule has 0 bridgehead atoms. The van der Waals surface area contributed by atoms with Gasteiger partial charge in [0.2, 0.25) is 5.91 Å². The van der Waals surface area contributed by atoms with Gasteiger partial charge >= 0.3 is 0 Å². The van der Waals surface area contributed by atoms with Crippen LogP contribution in [0.15, 0.2) is 42.5 Å². The zero-order valence-electron chi connectivity index (χ0n) is 14.4. The van der Waals surface area contributed by atoms with Gasteiger partial charge in [0.1, 0.15) is 5.69 Å². The monoisotopic (exact) mass is 408 g/mol. The number of amides is 1. The van der Waals surface area contributed by atoms with E-state index in [-0.39, 0.29) is 23.8 Å². The fourth-order valence-corrected chi connectivity index (χ4v) is 3.44. The lowest BCUT2D eigenvalue weighted by molar-refractivity contribution is -0.383. The summed E-state index contributed by atoms with van der Waals surface area (Å²) >= 11 is 12.1. The van der Waals surface area contributed by atoms with Gasteiger partial charge in [-0.2, -0.15) is 0 Å². The van der Waals surface area contributed by atoms with Crippen molar-refractivity contribution in [3.8, 4) is 0 Å². The van der Waals surface area contributed by atoms with E-state index in [0.29, 0.717) is 23.1 Å². The molecule has 7 nitrogen and oxygen atoms in total. The summed E-state index contributed by atoms with van der Waals surface area (Å²) < 4.78 is 0. The molecule has 0 aliphatic carbocycles. The minimum absolute atomic E-state index is 0.104. The molecule has 27 heavy (non-hydrogen) atoms. The molecule has 1 aliphatic heterocycles. The molecule has 142 valence electrons. The smallest absolute Gasteiger partial charge is 0.292 e. The highest BCUT2D eigenvalue weighted by Gasteiger charge is 2.22. The van der Waals surface area contributed by atoms with E-state index in [9.17, 15) is 14.9 Å². The van der Waals surface area contributed by atoms with Crippen LogP contribution in [0.1, 0.15) is 0 Å². The Labute approximate surface area is 166 Å². The Bertz CT molecular complexity index is 854. The average Bonchev–Trinajstić information content (AvgIpc) is 2.62. The molecule has 1 aliphatic rings. The molecule has 1 saturated heterocycles. The Balaban J connectivity index is 1.57. The van der Waals surface area contributed by atoms with Crippen molar-refractivity contribution in [3.05, 3.63) is 62.6 Å². The third-order valence-corrected chi connectivity index (χ3v) is 4.92. The summed E-state index contributed by atoms with van der Waals surface area (Å²) in [4.78, 5) is 27.0. The highest BCUT2D eigenvalue weighted by molar-refractivity contribution is 6.33. The van der Waals surface area contributed by atoms with Crippen LogP contribution in [-0.2, 0) is 4.79 Å². The van der Waals surface area contributed by atoms with Crippen molar-refractivity contribution in [2.75, 3.05) is 42.9 Å². The molecule has 0 saturated carbocycles. The number of nitrogens with one attached hydrogen (secondary N) is 1. The molecule has 0 unspecified atom stereocenters. The van der Waals surface area contributed by atoms with Crippen molar-refractivity contribution in [3.63, 3.8) is 0 Å². The number of nitrogens with zero attached hydrogens (tertiary/aromatic N) is 3. The van der Waals surface area contributed by atoms with Gasteiger partial charge in [0.05, 0.1) is 22.2 Å². The van der Waals surface area contributed by atoms with Crippen molar-refractivity contribution in [2.45, 2.75) is 0 Å². The molecule has 1 fully saturated rings. The van der Waals surface area contributed by atoms with Crippen molar-refractivity contribution in [1.82, 2.24) is 4.90 Å². The highest BCUT2D eigenvalue weighted by Crippen LogP contribution is 2.28. The topological polar surface area (TPSA) is 78.7 Å². The minimum atomic E-state index is -0.547. The number of carbonyl (C=O) groups is 1. The second kappa shape index (κ2) is 8.56. The van der Waals surface area contributed by atoms with Gasteiger partial charge < -0.3 is 10.2 Å². The summed E-state index contributed by atoms with van der Waals surface area (Å²) in [5.41, 5.74) is 0.904. The van der Waals surface area contributed by atoms with Gasteiger partial charge in [0.15, 0.2) is 0 Å². The SMILES string of the molecule is O=C(CN1CCN(c2ccccc2Cl)CC1)Nc1cc(Cl)ccc1[N+](=O)[O-]. The van der Waals surface area contributed by atoms with E-state index in [0.717, 1.165) is 18.8 Å². The van der Waals surface area contributed by atoms with Gasteiger partial charge in [0.25, 0.3) is 5.69 Å². The van der Waals surface area contributed by atoms with Crippen LogP contribution in [0.2, 0.25) is 10.0 Å². The molecule has 2 aromatic carbocycles. The number of carbonyl (C=O) groups excluding carboxylic acids is 1. The Morgan fingerprint density at radius 2 is 1.81 bits per heavy atom. The minimum Gasteiger partial charge on any atom is -0.368 e. The van der Waals surface area contributed by atoms with Crippen LogP contribution >= 0.6 is 23.2 Å². The van der Waals surface area contributed by atoms with E-state index >= 15 is 0 Å². The van der Waals surface area contributed by atoms with Crippen LogP contribution in [-0.4, -0.2) is 48.5 Å². The molecule has 3 rings (SSSR count). The summed E-state index contributed by atoms with van der Waals surface area (Å²) in [6, 6.07) is 11.7. The summed E-state index contributed by atoms with van der Waals surface area (Å²) in [6.07, 6.45) is 0. The first-order valence-corrected chi connectivity index (χ1v) is 9.15. The first kappa shape index (κ1) is 19.4. The van der Waals surface area contributed by atoms with Crippen LogP contribution in [0, 0.1) is 10.1 Å². The lowest BCUT2D eigenvalue weighted by atomic mass is 10.2. The summed E-state index contributed by atoms with van der Waals surface area (Å²) in [5.74, 6) is -0.313. The Hall–Kier alpha value is -2.35.